The minimum Gasteiger partial charge on any atom is -0.494 e. The number of hydrogen-bond donors (Lipinski definition) is 1. The van der Waals surface area contributed by atoms with Crippen molar-refractivity contribution < 1.29 is 14.3 Å². The van der Waals surface area contributed by atoms with Crippen LogP contribution in [0.25, 0.3) is 10.6 Å². The fraction of sp³-hybridized carbons (Fsp3) is 0.444. The molecule has 1 aromatic carbocycles. The molecule has 1 fully saturated rings. The maximum absolute atomic E-state index is 13.9. The topological polar surface area (TPSA) is 76.5 Å². The molecule has 1 aliphatic heterocycles. The molecule has 0 unspecified atom stereocenters. The van der Waals surface area contributed by atoms with E-state index in [1.54, 1.807) is 20.9 Å². The second-order valence-corrected chi connectivity index (χ2v) is 10.5. The van der Waals surface area contributed by atoms with Gasteiger partial charge in [0, 0.05) is 11.6 Å². The number of para-hydroxylation sites is 1. The fourth-order valence-corrected chi connectivity index (χ4v) is 5.80. The Kier molecular flexibility index (Phi) is 6.65. The Morgan fingerprint density at radius 3 is 2.74 bits per heavy atom. The van der Waals surface area contributed by atoms with E-state index in [4.69, 9.17) is 9.84 Å². The van der Waals surface area contributed by atoms with Gasteiger partial charge < -0.3 is 15.0 Å². The highest BCUT2D eigenvalue weighted by molar-refractivity contribution is 7.13. The van der Waals surface area contributed by atoms with E-state index in [-0.39, 0.29) is 24.4 Å². The molecule has 3 aromatic rings. The van der Waals surface area contributed by atoms with Crippen LogP contribution in [0.2, 0.25) is 0 Å². The number of nitrogens with one attached hydrogen (secondary N) is 1. The molecule has 1 N–H and O–H groups in total. The number of fused-ring (bicyclic) bond motifs is 1. The normalized spacial score (nSPS) is 20.5. The number of ether oxygens (including phenoxy) is 1. The van der Waals surface area contributed by atoms with E-state index in [9.17, 15) is 9.59 Å². The van der Waals surface area contributed by atoms with Gasteiger partial charge in [-0.15, -0.1) is 11.3 Å². The molecule has 7 nitrogen and oxygen atoms in total. The lowest BCUT2D eigenvalue weighted by Gasteiger charge is -2.44. The Labute approximate surface area is 210 Å². The largest absolute Gasteiger partial charge is 0.494 e. The van der Waals surface area contributed by atoms with Crippen molar-refractivity contribution in [2.45, 2.75) is 70.6 Å². The average molecular weight is 493 g/mol. The minimum absolute atomic E-state index is 0.120. The van der Waals surface area contributed by atoms with Crippen LogP contribution in [-0.4, -0.2) is 44.7 Å². The van der Waals surface area contributed by atoms with Crippen molar-refractivity contribution in [3.63, 3.8) is 0 Å². The van der Waals surface area contributed by atoms with E-state index in [2.05, 4.69) is 5.32 Å². The van der Waals surface area contributed by atoms with Crippen molar-refractivity contribution in [2.24, 2.45) is 0 Å². The van der Waals surface area contributed by atoms with E-state index in [0.717, 1.165) is 47.6 Å². The SMILES string of the molecule is CCOc1ccccc1CN1C(=O)c2cc(-c3cccs3)nn2C[C@@]1(C)C(=O)NC1CCCCC1. The van der Waals surface area contributed by atoms with Crippen LogP contribution in [0.1, 0.15) is 62.0 Å². The highest BCUT2D eigenvalue weighted by atomic mass is 32.1. The summed E-state index contributed by atoms with van der Waals surface area (Å²) in [6, 6.07) is 13.7. The van der Waals surface area contributed by atoms with Gasteiger partial charge in [0.25, 0.3) is 5.91 Å². The number of carbonyl (C=O) groups excluding carboxylic acids is 2. The van der Waals surface area contributed by atoms with E-state index >= 15 is 0 Å². The van der Waals surface area contributed by atoms with Crippen LogP contribution in [0.3, 0.4) is 0 Å². The van der Waals surface area contributed by atoms with E-state index < -0.39 is 5.54 Å². The molecule has 184 valence electrons. The van der Waals surface area contributed by atoms with Crippen LogP contribution < -0.4 is 10.1 Å². The van der Waals surface area contributed by atoms with E-state index in [1.807, 2.05) is 61.7 Å². The Hall–Kier alpha value is -3.13. The van der Waals surface area contributed by atoms with Crippen LogP contribution in [0.15, 0.2) is 47.8 Å². The first-order valence-corrected chi connectivity index (χ1v) is 13.3. The summed E-state index contributed by atoms with van der Waals surface area (Å²) in [4.78, 5) is 30.5. The maximum atomic E-state index is 13.9. The lowest BCUT2D eigenvalue weighted by atomic mass is 9.91. The van der Waals surface area contributed by atoms with Gasteiger partial charge >= 0.3 is 0 Å². The highest BCUT2D eigenvalue weighted by Crippen LogP contribution is 2.34. The zero-order valence-electron chi connectivity index (χ0n) is 20.3. The Morgan fingerprint density at radius 2 is 2.00 bits per heavy atom. The van der Waals surface area contributed by atoms with Gasteiger partial charge in [-0.05, 0) is 50.3 Å². The Morgan fingerprint density at radius 1 is 1.20 bits per heavy atom. The first-order chi connectivity index (χ1) is 17.0. The summed E-state index contributed by atoms with van der Waals surface area (Å²) in [6.45, 7) is 4.91. The number of thiophene rings is 1. The number of hydrogen-bond acceptors (Lipinski definition) is 5. The number of nitrogens with zero attached hydrogens (tertiary/aromatic N) is 3. The van der Waals surface area contributed by atoms with Gasteiger partial charge in [0.2, 0.25) is 5.91 Å². The third kappa shape index (κ3) is 4.59. The van der Waals surface area contributed by atoms with Gasteiger partial charge in [-0.3, -0.25) is 14.3 Å². The first kappa shape index (κ1) is 23.6. The predicted octanol–water partition coefficient (Wildman–Crippen LogP) is 4.87. The monoisotopic (exact) mass is 492 g/mol. The molecule has 0 saturated heterocycles. The van der Waals surface area contributed by atoms with Gasteiger partial charge in [0.05, 0.1) is 24.6 Å². The number of carbonyl (C=O) groups is 2. The quantitative estimate of drug-likeness (QED) is 0.510. The summed E-state index contributed by atoms with van der Waals surface area (Å²) in [5.41, 5.74) is 1.06. The smallest absolute Gasteiger partial charge is 0.273 e. The number of rotatable bonds is 7. The standard InChI is InChI=1S/C27H32N4O3S/c1-3-34-23-13-8-7-10-19(23)17-30-25(32)22-16-21(24-14-9-15-35-24)29-31(22)18-27(30,2)26(33)28-20-11-5-4-6-12-20/h7-10,13-16,20H,3-6,11-12,17-18H2,1-2H3,(H,28,33)/t27-/m0/s1. The van der Waals surface area contributed by atoms with Crippen molar-refractivity contribution in [1.82, 2.24) is 20.0 Å². The van der Waals surface area contributed by atoms with Gasteiger partial charge in [-0.1, -0.05) is 43.5 Å². The summed E-state index contributed by atoms with van der Waals surface area (Å²) < 4.78 is 7.54. The zero-order chi connectivity index (χ0) is 24.4. The highest BCUT2D eigenvalue weighted by Gasteiger charge is 2.48. The molecule has 0 bridgehead atoms. The molecule has 5 rings (SSSR count). The zero-order valence-corrected chi connectivity index (χ0v) is 21.1. The van der Waals surface area contributed by atoms with Crippen molar-refractivity contribution in [2.75, 3.05) is 6.61 Å². The molecule has 2 aliphatic rings. The van der Waals surface area contributed by atoms with E-state index in [1.165, 1.54) is 6.42 Å². The van der Waals surface area contributed by atoms with Gasteiger partial charge in [-0.2, -0.15) is 5.10 Å². The third-order valence-corrected chi connectivity index (χ3v) is 7.99. The number of benzene rings is 1. The van der Waals surface area contributed by atoms with Crippen LogP contribution in [0.5, 0.6) is 5.75 Å². The van der Waals surface area contributed by atoms with Crippen molar-refractivity contribution >= 4 is 23.2 Å². The predicted molar refractivity (Wildman–Crippen MR) is 136 cm³/mol. The average Bonchev–Trinajstić information content (AvgIpc) is 3.54. The van der Waals surface area contributed by atoms with Crippen LogP contribution in [0, 0.1) is 0 Å². The lowest BCUT2D eigenvalue weighted by Crippen LogP contribution is -2.64. The molecule has 8 heteroatoms. The lowest BCUT2D eigenvalue weighted by molar-refractivity contribution is -0.134. The molecule has 3 heterocycles. The third-order valence-electron chi connectivity index (χ3n) is 7.10. The van der Waals surface area contributed by atoms with Crippen LogP contribution >= 0.6 is 11.3 Å². The maximum Gasteiger partial charge on any atom is 0.273 e. The molecule has 1 aliphatic carbocycles. The summed E-state index contributed by atoms with van der Waals surface area (Å²) in [5, 5.41) is 9.99. The molecule has 2 aromatic heterocycles. The minimum atomic E-state index is -1.08. The molecule has 1 saturated carbocycles. The molecule has 0 spiro atoms. The van der Waals surface area contributed by atoms with Gasteiger partial charge in [0.1, 0.15) is 22.7 Å². The molecule has 0 radical (unpaired) electrons. The molecular formula is C27H32N4O3S. The molecule has 1 atom stereocenters. The summed E-state index contributed by atoms with van der Waals surface area (Å²) >= 11 is 1.58. The molecular weight excluding hydrogens is 460 g/mol. The summed E-state index contributed by atoms with van der Waals surface area (Å²) in [7, 11) is 0. The summed E-state index contributed by atoms with van der Waals surface area (Å²) in [5.74, 6) is 0.417. The fourth-order valence-electron chi connectivity index (χ4n) is 5.12. The first-order valence-electron chi connectivity index (χ1n) is 12.4. The second-order valence-electron chi connectivity index (χ2n) is 9.56. The van der Waals surface area contributed by atoms with Crippen molar-refractivity contribution in [1.29, 1.82) is 0 Å². The molecule has 35 heavy (non-hydrogen) atoms. The van der Waals surface area contributed by atoms with Crippen LogP contribution in [0.4, 0.5) is 0 Å². The van der Waals surface area contributed by atoms with Gasteiger partial charge in [-0.25, -0.2) is 0 Å². The van der Waals surface area contributed by atoms with Crippen LogP contribution in [-0.2, 0) is 17.9 Å². The number of amides is 2. The Balaban J connectivity index is 1.52. The Bertz CT molecular complexity index is 1200. The summed E-state index contributed by atoms with van der Waals surface area (Å²) in [6.07, 6.45) is 5.43. The van der Waals surface area contributed by atoms with Gasteiger partial charge in [0.15, 0.2) is 0 Å². The number of aromatic nitrogens is 2. The van der Waals surface area contributed by atoms with E-state index in [0.29, 0.717) is 18.8 Å². The van der Waals surface area contributed by atoms with Crippen molar-refractivity contribution in [3.05, 3.63) is 59.1 Å². The second kappa shape index (κ2) is 9.85. The van der Waals surface area contributed by atoms with Crippen molar-refractivity contribution in [3.8, 4) is 16.3 Å². The molecule has 2 amide bonds.